The molecule has 2 aliphatic heterocycles. The summed E-state index contributed by atoms with van der Waals surface area (Å²) < 4.78 is 6.34. The van der Waals surface area contributed by atoms with Crippen LogP contribution in [0.3, 0.4) is 0 Å². The van der Waals surface area contributed by atoms with Gasteiger partial charge in [-0.15, -0.1) is 0 Å². The first kappa shape index (κ1) is 26.4. The highest BCUT2D eigenvalue weighted by Gasteiger charge is 2.50. The van der Waals surface area contributed by atoms with E-state index < -0.39 is 5.41 Å². The van der Waals surface area contributed by atoms with E-state index in [1.165, 1.54) is 37.6 Å². The molecule has 9 rings (SSSR count). The zero-order valence-corrected chi connectivity index (χ0v) is 25.8. The Morgan fingerprint density at radius 2 is 1.22 bits per heavy atom. The Morgan fingerprint density at radius 1 is 0.600 bits per heavy atom. The van der Waals surface area contributed by atoms with Gasteiger partial charge in [0, 0.05) is 21.5 Å². The van der Waals surface area contributed by atoms with Crippen molar-refractivity contribution in [2.45, 2.75) is 35.0 Å². The second-order valence-corrected chi connectivity index (χ2v) is 13.3. The zero-order valence-electron chi connectivity index (χ0n) is 25.0. The largest absolute Gasteiger partial charge is 0.456 e. The fraction of sp³-hybridized carbons (Fsp3) is 0.0976. The van der Waals surface area contributed by atoms with Crippen LogP contribution in [-0.2, 0) is 5.41 Å². The summed E-state index contributed by atoms with van der Waals surface area (Å²) in [7, 11) is 0. The van der Waals surface area contributed by atoms with E-state index >= 15 is 0 Å². The Morgan fingerprint density at radius 3 is 1.98 bits per heavy atom. The molecule has 3 nitrogen and oxygen atoms in total. The summed E-state index contributed by atoms with van der Waals surface area (Å²) in [5.74, 6) is 0.406. The van der Waals surface area contributed by atoms with E-state index in [1.54, 1.807) is 0 Å². The molecule has 3 heterocycles. The summed E-state index contributed by atoms with van der Waals surface area (Å²) in [6.07, 6.45) is 0. The van der Waals surface area contributed by atoms with Gasteiger partial charge >= 0.3 is 0 Å². The van der Waals surface area contributed by atoms with Crippen molar-refractivity contribution in [2.75, 3.05) is 4.90 Å². The van der Waals surface area contributed by atoms with Gasteiger partial charge < -0.3 is 9.32 Å². The molecular weight excluding hydrogens is 571 g/mol. The number of anilines is 3. The first-order valence-electron chi connectivity index (χ1n) is 15.4. The zero-order chi connectivity index (χ0) is 30.3. The smallest absolute Gasteiger partial charge is 0.200 e. The molecule has 2 aliphatic rings. The second kappa shape index (κ2) is 9.72. The first-order chi connectivity index (χ1) is 22.1. The number of para-hydroxylation sites is 3. The van der Waals surface area contributed by atoms with E-state index in [4.69, 9.17) is 4.42 Å². The Hall–Kier alpha value is -5.06. The van der Waals surface area contributed by atoms with Gasteiger partial charge in [-0.25, -0.2) is 0 Å². The highest BCUT2D eigenvalue weighted by atomic mass is 32.2. The normalized spacial score (nSPS) is 14.3. The highest BCUT2D eigenvalue weighted by molar-refractivity contribution is 7.99. The standard InChI is InChI=1S/C41H29NO2S/c1-25(2)26-19-22-39-33(23-26)41(32-14-6-10-18-38(32)45-39)30-12-4-7-15-34(30)42(35-16-8-5-13-31(35)41)27-20-21-29-37(24-27)44-36-17-9-3-11-28(36)40(29)43/h3-25H,1-2H3. The van der Waals surface area contributed by atoms with Crippen molar-refractivity contribution < 1.29 is 4.42 Å². The van der Waals surface area contributed by atoms with Gasteiger partial charge in [0.05, 0.1) is 27.6 Å². The second-order valence-electron chi connectivity index (χ2n) is 12.2. The molecule has 216 valence electrons. The Kier molecular flexibility index (Phi) is 5.69. The van der Waals surface area contributed by atoms with E-state index in [-0.39, 0.29) is 5.43 Å². The minimum absolute atomic E-state index is 0.00864. The Balaban J connectivity index is 1.37. The number of fused-ring (bicyclic) bond motifs is 10. The molecule has 0 unspecified atom stereocenters. The van der Waals surface area contributed by atoms with Gasteiger partial charge in [0.2, 0.25) is 5.43 Å². The molecule has 6 aromatic carbocycles. The van der Waals surface area contributed by atoms with Gasteiger partial charge in [0.15, 0.2) is 0 Å². The molecule has 7 aromatic rings. The average molecular weight is 600 g/mol. The van der Waals surface area contributed by atoms with Crippen molar-refractivity contribution in [3.8, 4) is 0 Å². The fourth-order valence-electron chi connectivity index (χ4n) is 7.45. The maximum Gasteiger partial charge on any atom is 0.200 e. The SMILES string of the molecule is CC(C)c1ccc2c(c1)C1(c3ccccc3S2)c2ccccc2N(c2ccc3c(=O)c4ccccc4oc3c2)c2ccccc21. The van der Waals surface area contributed by atoms with Crippen LogP contribution < -0.4 is 10.3 Å². The molecule has 0 atom stereocenters. The van der Waals surface area contributed by atoms with Gasteiger partial charge in [0.25, 0.3) is 0 Å². The lowest BCUT2D eigenvalue weighted by atomic mass is 9.62. The average Bonchev–Trinajstić information content (AvgIpc) is 3.08. The molecule has 0 fully saturated rings. The van der Waals surface area contributed by atoms with Gasteiger partial charge in [-0.3, -0.25) is 4.79 Å². The number of hydrogen-bond donors (Lipinski definition) is 0. The summed E-state index contributed by atoms with van der Waals surface area (Å²) in [5, 5.41) is 1.18. The maximum atomic E-state index is 13.4. The lowest BCUT2D eigenvalue weighted by molar-refractivity contribution is 0.659. The van der Waals surface area contributed by atoms with Gasteiger partial charge in [-0.2, -0.15) is 0 Å². The molecule has 45 heavy (non-hydrogen) atoms. The maximum absolute atomic E-state index is 13.4. The predicted octanol–water partition coefficient (Wildman–Crippen LogP) is 10.7. The number of nitrogens with zero attached hydrogens (tertiary/aromatic N) is 1. The van der Waals surface area contributed by atoms with Gasteiger partial charge in [0.1, 0.15) is 11.2 Å². The van der Waals surface area contributed by atoms with Crippen LogP contribution in [0.25, 0.3) is 21.9 Å². The molecule has 0 bridgehead atoms. The van der Waals surface area contributed by atoms with Crippen molar-refractivity contribution in [1.82, 2.24) is 0 Å². The molecule has 0 aliphatic carbocycles. The first-order valence-corrected chi connectivity index (χ1v) is 16.2. The van der Waals surface area contributed by atoms with Crippen LogP contribution in [0.4, 0.5) is 17.1 Å². The number of rotatable bonds is 2. The highest BCUT2D eigenvalue weighted by Crippen LogP contribution is 2.63. The minimum atomic E-state index is -0.509. The van der Waals surface area contributed by atoms with Crippen molar-refractivity contribution in [2.24, 2.45) is 0 Å². The summed E-state index contributed by atoms with van der Waals surface area (Å²) >= 11 is 1.87. The summed E-state index contributed by atoms with van der Waals surface area (Å²) in [6.45, 7) is 4.54. The third kappa shape index (κ3) is 3.63. The van der Waals surface area contributed by atoms with E-state index in [2.05, 4.69) is 116 Å². The van der Waals surface area contributed by atoms with Crippen molar-refractivity contribution >= 4 is 50.8 Å². The lowest BCUT2D eigenvalue weighted by Gasteiger charge is -2.49. The van der Waals surface area contributed by atoms with E-state index in [9.17, 15) is 4.79 Å². The fourth-order valence-corrected chi connectivity index (χ4v) is 8.62. The lowest BCUT2D eigenvalue weighted by Crippen LogP contribution is -2.39. The van der Waals surface area contributed by atoms with Crippen LogP contribution in [0.1, 0.15) is 47.6 Å². The van der Waals surface area contributed by atoms with Crippen molar-refractivity contribution in [3.05, 3.63) is 172 Å². The van der Waals surface area contributed by atoms with Crippen LogP contribution in [-0.4, -0.2) is 0 Å². The molecule has 1 spiro atoms. The Bertz CT molecular complexity index is 2340. The van der Waals surface area contributed by atoms with Crippen LogP contribution in [0.5, 0.6) is 0 Å². The molecule has 0 radical (unpaired) electrons. The van der Waals surface area contributed by atoms with Crippen LogP contribution in [0, 0.1) is 0 Å². The van der Waals surface area contributed by atoms with Crippen molar-refractivity contribution in [1.29, 1.82) is 0 Å². The topological polar surface area (TPSA) is 33.5 Å². The molecule has 0 saturated carbocycles. The minimum Gasteiger partial charge on any atom is -0.456 e. The summed E-state index contributed by atoms with van der Waals surface area (Å²) in [5.41, 5.74) is 10.3. The molecule has 0 amide bonds. The van der Waals surface area contributed by atoms with E-state index in [0.717, 1.165) is 17.1 Å². The molecular formula is C41H29NO2S. The molecule has 0 saturated heterocycles. The third-order valence-electron chi connectivity index (χ3n) is 9.50. The third-order valence-corrected chi connectivity index (χ3v) is 10.7. The van der Waals surface area contributed by atoms with Crippen LogP contribution in [0.15, 0.2) is 152 Å². The van der Waals surface area contributed by atoms with Gasteiger partial charge in [-0.05, 0) is 82.3 Å². The quantitative estimate of drug-likeness (QED) is 0.185. The van der Waals surface area contributed by atoms with Gasteiger partial charge in [-0.1, -0.05) is 104 Å². The van der Waals surface area contributed by atoms with Crippen LogP contribution in [0.2, 0.25) is 0 Å². The van der Waals surface area contributed by atoms with Crippen molar-refractivity contribution in [3.63, 3.8) is 0 Å². The Labute approximate surface area is 265 Å². The predicted molar refractivity (Wildman–Crippen MR) is 185 cm³/mol. The number of benzene rings is 6. The van der Waals surface area contributed by atoms with E-state index in [1.807, 2.05) is 48.2 Å². The summed E-state index contributed by atoms with van der Waals surface area (Å²) in [6, 6.07) is 47.0. The molecule has 0 N–H and O–H groups in total. The molecule has 4 heteroatoms. The number of hydrogen-bond acceptors (Lipinski definition) is 4. The summed E-state index contributed by atoms with van der Waals surface area (Å²) in [4.78, 5) is 18.3. The molecule has 1 aromatic heterocycles. The van der Waals surface area contributed by atoms with Crippen LogP contribution >= 0.6 is 11.8 Å². The van der Waals surface area contributed by atoms with E-state index in [0.29, 0.717) is 27.9 Å². The monoisotopic (exact) mass is 599 g/mol.